The highest BCUT2D eigenvalue weighted by atomic mass is 16.4. The minimum absolute atomic E-state index is 0.164. The molecule has 0 aliphatic carbocycles. The molecular formula is C40H50N2O10. The number of phenolic OH excluding ortho intramolecular Hbond substituents is 4. The zero-order valence-electron chi connectivity index (χ0n) is 29.3. The Labute approximate surface area is 304 Å². The predicted molar refractivity (Wildman–Crippen MR) is 198 cm³/mol. The predicted octanol–water partition coefficient (Wildman–Crippen LogP) is 5.20. The van der Waals surface area contributed by atoms with Gasteiger partial charge in [-0.1, -0.05) is 48.5 Å². The highest BCUT2D eigenvalue weighted by Gasteiger charge is 2.11. The fraction of sp³-hybridized carbons (Fsp3) is 0.300. The van der Waals surface area contributed by atoms with Gasteiger partial charge in [-0.15, -0.1) is 0 Å². The van der Waals surface area contributed by atoms with E-state index in [2.05, 4.69) is 24.5 Å². The molecule has 0 bridgehead atoms. The summed E-state index contributed by atoms with van der Waals surface area (Å²) < 4.78 is 0. The van der Waals surface area contributed by atoms with Gasteiger partial charge in [0, 0.05) is 37.3 Å². The summed E-state index contributed by atoms with van der Waals surface area (Å²) in [5.74, 6) is -1.62. The van der Waals surface area contributed by atoms with Crippen molar-refractivity contribution >= 4 is 11.9 Å². The molecule has 280 valence electrons. The van der Waals surface area contributed by atoms with E-state index >= 15 is 0 Å². The number of hydrogen-bond donors (Lipinski definition) is 10. The number of benzene rings is 4. The molecule has 0 spiro atoms. The van der Waals surface area contributed by atoms with Gasteiger partial charge >= 0.3 is 11.9 Å². The highest BCUT2D eigenvalue weighted by molar-refractivity contribution is 5.89. The maximum Gasteiger partial charge on any atom is 0.328 e. The zero-order valence-corrected chi connectivity index (χ0v) is 29.3. The van der Waals surface area contributed by atoms with Crippen molar-refractivity contribution in [1.29, 1.82) is 0 Å². The molecule has 52 heavy (non-hydrogen) atoms. The first-order valence-electron chi connectivity index (χ1n) is 16.8. The Morgan fingerprint density at radius 3 is 1.21 bits per heavy atom. The molecular weight excluding hydrogens is 668 g/mol. The summed E-state index contributed by atoms with van der Waals surface area (Å²) in [5, 5.41) is 79.8. The van der Waals surface area contributed by atoms with E-state index in [0.29, 0.717) is 36.4 Å². The molecule has 4 atom stereocenters. The van der Waals surface area contributed by atoms with Crippen LogP contribution in [-0.4, -0.2) is 78.0 Å². The SMILES string of the molecule is C[C@H](CCc1ccc(O)cc1)NC[C@H](O)c1cccc(O)c1.C[C@H](CCc1ccc(O)cc1)NC[C@H](O)c1cccc(O)c1.O=C(O)/C=C/C(=O)O. The Hall–Kier alpha value is -5.40. The summed E-state index contributed by atoms with van der Waals surface area (Å²) in [4.78, 5) is 19.1. The molecule has 0 radical (unpaired) electrons. The lowest BCUT2D eigenvalue weighted by atomic mass is 10.1. The number of aliphatic hydroxyl groups is 2. The number of carboxylic acids is 2. The lowest BCUT2D eigenvalue weighted by Gasteiger charge is -2.17. The number of aliphatic carboxylic acids is 2. The molecule has 10 N–H and O–H groups in total. The Balaban J connectivity index is 0.000000299. The first-order valence-corrected chi connectivity index (χ1v) is 16.8. The van der Waals surface area contributed by atoms with E-state index in [-0.39, 0.29) is 35.1 Å². The number of nitrogens with one attached hydrogen (secondary N) is 2. The molecule has 0 saturated carbocycles. The second-order valence-corrected chi connectivity index (χ2v) is 12.3. The van der Waals surface area contributed by atoms with E-state index in [4.69, 9.17) is 10.2 Å². The lowest BCUT2D eigenvalue weighted by molar-refractivity contribution is -0.134. The summed E-state index contributed by atoms with van der Waals surface area (Å²) in [7, 11) is 0. The number of phenols is 4. The molecule has 12 nitrogen and oxygen atoms in total. The van der Waals surface area contributed by atoms with Crippen LogP contribution in [0.3, 0.4) is 0 Å². The van der Waals surface area contributed by atoms with Gasteiger partial charge in [0.05, 0.1) is 12.2 Å². The van der Waals surface area contributed by atoms with Crippen molar-refractivity contribution in [3.63, 3.8) is 0 Å². The molecule has 0 aromatic heterocycles. The average Bonchev–Trinajstić information content (AvgIpc) is 3.12. The Morgan fingerprint density at radius 2 is 0.904 bits per heavy atom. The average molecular weight is 719 g/mol. The van der Waals surface area contributed by atoms with Gasteiger partial charge < -0.3 is 51.5 Å². The molecule has 0 fully saturated rings. The van der Waals surface area contributed by atoms with Crippen molar-refractivity contribution in [2.75, 3.05) is 13.1 Å². The third kappa shape index (κ3) is 18.6. The van der Waals surface area contributed by atoms with E-state index in [1.54, 1.807) is 72.8 Å². The van der Waals surface area contributed by atoms with Crippen LogP contribution in [0.15, 0.2) is 109 Å². The molecule has 4 rings (SSSR count). The largest absolute Gasteiger partial charge is 0.508 e. The molecule has 0 saturated heterocycles. The van der Waals surface area contributed by atoms with E-state index in [1.807, 2.05) is 24.3 Å². The summed E-state index contributed by atoms with van der Waals surface area (Å²) in [6, 6.07) is 28.4. The van der Waals surface area contributed by atoms with E-state index in [0.717, 1.165) is 25.7 Å². The molecule has 0 heterocycles. The maximum atomic E-state index is 10.1. The van der Waals surface area contributed by atoms with Crippen molar-refractivity contribution < 1.29 is 50.4 Å². The quantitative estimate of drug-likeness (QED) is 0.0676. The van der Waals surface area contributed by atoms with Crippen LogP contribution in [0, 0.1) is 0 Å². The topological polar surface area (TPSA) is 220 Å². The van der Waals surface area contributed by atoms with E-state index in [1.165, 1.54) is 11.1 Å². The molecule has 0 unspecified atom stereocenters. The van der Waals surface area contributed by atoms with Gasteiger partial charge in [0.1, 0.15) is 23.0 Å². The number of aryl methyl sites for hydroxylation is 2. The van der Waals surface area contributed by atoms with Crippen molar-refractivity contribution in [2.45, 2.75) is 63.8 Å². The maximum absolute atomic E-state index is 10.1. The molecule has 0 aliphatic rings. The van der Waals surface area contributed by atoms with E-state index in [9.17, 15) is 40.2 Å². The van der Waals surface area contributed by atoms with Crippen molar-refractivity contribution in [1.82, 2.24) is 10.6 Å². The van der Waals surface area contributed by atoms with Gasteiger partial charge in [-0.25, -0.2) is 9.59 Å². The summed E-state index contributed by atoms with van der Waals surface area (Å²) >= 11 is 0. The van der Waals surface area contributed by atoms with Crippen LogP contribution in [0.25, 0.3) is 0 Å². The second kappa shape index (κ2) is 23.1. The molecule has 0 aliphatic heterocycles. The van der Waals surface area contributed by atoms with Crippen LogP contribution in [0.2, 0.25) is 0 Å². The van der Waals surface area contributed by atoms with E-state index < -0.39 is 24.1 Å². The minimum Gasteiger partial charge on any atom is -0.508 e. The molecule has 4 aromatic rings. The second-order valence-electron chi connectivity index (χ2n) is 12.3. The monoisotopic (exact) mass is 718 g/mol. The van der Waals surface area contributed by atoms with Gasteiger partial charge in [0.15, 0.2) is 0 Å². The number of carbonyl (C=O) groups is 2. The lowest BCUT2D eigenvalue weighted by Crippen LogP contribution is -2.30. The van der Waals surface area contributed by atoms with Crippen molar-refractivity contribution in [3.05, 3.63) is 131 Å². The molecule has 0 amide bonds. The van der Waals surface area contributed by atoms with Gasteiger partial charge in [0.2, 0.25) is 0 Å². The minimum atomic E-state index is -1.26. The normalized spacial score (nSPS) is 13.1. The fourth-order valence-electron chi connectivity index (χ4n) is 4.76. The Bertz CT molecular complexity index is 1540. The van der Waals surface area contributed by atoms with Gasteiger partial charge in [-0.2, -0.15) is 0 Å². The molecule has 12 heteroatoms. The number of carboxylic acid groups (broad SMARTS) is 2. The van der Waals surface area contributed by atoms with Crippen LogP contribution >= 0.6 is 0 Å². The standard InChI is InChI=1S/2C18H23NO3.C4H4O4/c2*1-13(5-6-14-7-9-16(20)10-8-14)19-12-18(22)15-3-2-4-17(21)11-15;5-3(6)1-2-4(7)8/h2*2-4,7-11,13,18-22H,5-6,12H2,1H3;1-2H,(H,5,6)(H,7,8)/b;;2-1+/t2*13-,18+;/m11./s1. The zero-order chi connectivity index (χ0) is 38.5. The number of aromatic hydroxyl groups is 4. The molecule has 4 aromatic carbocycles. The first-order chi connectivity index (χ1) is 24.7. The van der Waals surface area contributed by atoms with Crippen LogP contribution in [0.4, 0.5) is 0 Å². The Kier molecular flexibility index (Phi) is 19.0. The van der Waals surface area contributed by atoms with Gasteiger partial charge in [-0.3, -0.25) is 0 Å². The van der Waals surface area contributed by atoms with Crippen molar-refractivity contribution in [3.8, 4) is 23.0 Å². The highest BCUT2D eigenvalue weighted by Crippen LogP contribution is 2.19. The van der Waals surface area contributed by atoms with Gasteiger partial charge in [-0.05, 0) is 110 Å². The summed E-state index contributed by atoms with van der Waals surface area (Å²) in [5.41, 5.74) is 3.77. The third-order valence-corrected chi connectivity index (χ3v) is 7.80. The van der Waals surface area contributed by atoms with Gasteiger partial charge in [0.25, 0.3) is 0 Å². The van der Waals surface area contributed by atoms with Crippen molar-refractivity contribution in [2.24, 2.45) is 0 Å². The first kappa shape index (κ1) is 42.8. The summed E-state index contributed by atoms with van der Waals surface area (Å²) in [6.07, 6.45) is 3.55. The number of aliphatic hydroxyl groups excluding tert-OH is 2. The van der Waals surface area contributed by atoms with Crippen LogP contribution < -0.4 is 10.6 Å². The fourth-order valence-corrected chi connectivity index (χ4v) is 4.76. The van der Waals surface area contributed by atoms with Crippen LogP contribution in [0.1, 0.15) is 61.2 Å². The Morgan fingerprint density at radius 1 is 0.558 bits per heavy atom. The van der Waals surface area contributed by atoms with Crippen LogP contribution in [-0.2, 0) is 22.4 Å². The number of hydrogen-bond acceptors (Lipinski definition) is 10. The number of rotatable bonds is 16. The smallest absolute Gasteiger partial charge is 0.328 e. The van der Waals surface area contributed by atoms with Crippen LogP contribution in [0.5, 0.6) is 23.0 Å². The summed E-state index contributed by atoms with van der Waals surface area (Å²) in [6.45, 7) is 5.05. The third-order valence-electron chi connectivity index (χ3n) is 7.80.